The summed E-state index contributed by atoms with van der Waals surface area (Å²) in [4.78, 5) is 43.2. The minimum Gasteiger partial charge on any atom is -0.506 e. The predicted octanol–water partition coefficient (Wildman–Crippen LogP) is 4.80. The molecule has 242 valence electrons. The molecular weight excluding hydrogens is 598 g/mol. The Hall–Kier alpha value is -3.24. The molecule has 0 aliphatic heterocycles. The van der Waals surface area contributed by atoms with Crippen molar-refractivity contribution in [2.45, 2.75) is 90.2 Å². The number of Topliss-reactive ketones (excluding diaryl/α,β-unsaturated/α-hetero) is 1. The second-order valence-corrected chi connectivity index (χ2v) is 14.5. The zero-order valence-corrected chi connectivity index (χ0v) is 27.2. The number of halogens is 1. The van der Waals surface area contributed by atoms with E-state index in [1.54, 1.807) is 30.8 Å². The molecule has 4 aliphatic carbocycles. The van der Waals surface area contributed by atoms with Crippen molar-refractivity contribution >= 4 is 35.4 Å². The summed E-state index contributed by atoms with van der Waals surface area (Å²) >= 11 is 7.31. The van der Waals surface area contributed by atoms with Gasteiger partial charge < -0.3 is 19.7 Å². The van der Waals surface area contributed by atoms with Crippen LogP contribution in [0.25, 0.3) is 11.8 Å². The Morgan fingerprint density at radius 2 is 1.89 bits per heavy atom. The first-order valence-electron chi connectivity index (χ1n) is 16.0. The number of fused-ring (bicyclic) bond motifs is 6. The van der Waals surface area contributed by atoms with E-state index in [1.165, 1.54) is 6.20 Å². The van der Waals surface area contributed by atoms with E-state index < -0.39 is 46.9 Å². The zero-order valence-electron chi connectivity index (χ0n) is 26.5. The topological polar surface area (TPSA) is 141 Å². The molecule has 0 saturated heterocycles. The molecule has 0 amide bonds. The van der Waals surface area contributed by atoms with E-state index in [-0.39, 0.29) is 54.1 Å². The summed E-state index contributed by atoms with van der Waals surface area (Å²) in [5, 5.41) is 26.6. The van der Waals surface area contributed by atoms with Crippen LogP contribution in [0.3, 0.4) is 0 Å². The van der Waals surface area contributed by atoms with Gasteiger partial charge in [0.2, 0.25) is 5.78 Å². The van der Waals surface area contributed by atoms with Crippen molar-refractivity contribution in [3.63, 3.8) is 0 Å². The number of nitrogens with zero attached hydrogens (tertiary/aromatic N) is 3. The summed E-state index contributed by atoms with van der Waals surface area (Å²) in [6.45, 7) is 8.92. The summed E-state index contributed by atoms with van der Waals surface area (Å²) in [5.41, 5.74) is 0.718. The van der Waals surface area contributed by atoms with Gasteiger partial charge >= 0.3 is 11.9 Å². The highest BCUT2D eigenvalue weighted by Gasteiger charge is 2.74. The maximum absolute atomic E-state index is 14.1. The molecule has 10 nitrogen and oxygen atoms in total. The van der Waals surface area contributed by atoms with E-state index >= 15 is 0 Å². The highest BCUT2D eigenvalue weighted by atomic mass is 35.5. The molecule has 2 aromatic heterocycles. The molecule has 0 radical (unpaired) electrons. The number of hydrogen-bond donors (Lipinski definition) is 2. The number of carbonyl (C=O) groups is 3. The van der Waals surface area contributed by atoms with Crippen LogP contribution < -0.4 is 0 Å². The normalized spacial score (nSPS) is 36.6. The number of pyridine rings is 1. The average molecular weight is 640 g/mol. The van der Waals surface area contributed by atoms with Crippen LogP contribution in [-0.2, 0) is 30.3 Å². The quantitative estimate of drug-likeness (QED) is 0.323. The Morgan fingerprint density at radius 1 is 1.16 bits per heavy atom. The Morgan fingerprint density at radius 3 is 2.58 bits per heavy atom. The van der Waals surface area contributed by atoms with E-state index in [9.17, 15) is 24.6 Å². The SMILES string of the molecule is CCC(=O)OCC(=O)[C@@]1(OC(=O)CC)[C@H](C)C[C@H]2[C@H]3[C@H]([C@@H](O)C[C@@]21C)[C@@]1(C)Cc2cn(-c4cncc(O)c4)nc2C=C1C[C@H]3Cl. The summed E-state index contributed by atoms with van der Waals surface area (Å²) in [5.74, 6) is -2.27. The molecule has 45 heavy (non-hydrogen) atoms. The largest absolute Gasteiger partial charge is 0.506 e. The summed E-state index contributed by atoms with van der Waals surface area (Å²) in [6, 6.07) is 1.60. The predicted molar refractivity (Wildman–Crippen MR) is 165 cm³/mol. The molecule has 2 N–H and O–H groups in total. The van der Waals surface area contributed by atoms with Crippen molar-refractivity contribution in [2.24, 2.45) is 34.5 Å². The molecule has 2 aromatic rings. The Kier molecular flexibility index (Phi) is 7.92. The molecule has 2 heterocycles. The molecule has 6 rings (SSSR count). The molecular formula is C34H42ClN3O7. The van der Waals surface area contributed by atoms with Gasteiger partial charge in [-0.3, -0.25) is 19.4 Å². The first kappa shape index (κ1) is 31.7. The number of rotatable bonds is 7. The second-order valence-electron chi connectivity index (χ2n) is 13.9. The van der Waals surface area contributed by atoms with Crippen LogP contribution in [0, 0.1) is 34.5 Å². The number of alkyl halides is 1. The molecule has 4 aliphatic rings. The van der Waals surface area contributed by atoms with Gasteiger partial charge in [-0.25, -0.2) is 4.68 Å². The first-order valence-corrected chi connectivity index (χ1v) is 16.4. The van der Waals surface area contributed by atoms with Crippen molar-refractivity contribution in [3.8, 4) is 11.4 Å². The number of esters is 2. The maximum Gasteiger partial charge on any atom is 0.306 e. The third-order valence-corrected chi connectivity index (χ3v) is 11.9. The van der Waals surface area contributed by atoms with Crippen LogP contribution >= 0.6 is 11.6 Å². The number of aromatic hydroxyl groups is 1. The molecule has 11 heteroatoms. The van der Waals surface area contributed by atoms with Crippen molar-refractivity contribution in [1.29, 1.82) is 0 Å². The van der Waals surface area contributed by atoms with Gasteiger partial charge in [-0.1, -0.05) is 40.2 Å². The molecule has 0 spiro atoms. The highest BCUT2D eigenvalue weighted by molar-refractivity contribution is 6.21. The van der Waals surface area contributed by atoms with Gasteiger partial charge in [-0.2, -0.15) is 5.10 Å². The monoisotopic (exact) mass is 639 g/mol. The Labute approximate surface area is 268 Å². The van der Waals surface area contributed by atoms with Gasteiger partial charge in [0.1, 0.15) is 5.75 Å². The fourth-order valence-electron chi connectivity index (χ4n) is 9.56. The number of aromatic nitrogens is 3. The summed E-state index contributed by atoms with van der Waals surface area (Å²) < 4.78 is 13.2. The molecule has 0 unspecified atom stereocenters. The van der Waals surface area contributed by atoms with Crippen LogP contribution in [0.15, 0.2) is 30.2 Å². The smallest absolute Gasteiger partial charge is 0.306 e. The lowest BCUT2D eigenvalue weighted by molar-refractivity contribution is -0.207. The van der Waals surface area contributed by atoms with Gasteiger partial charge in [-0.15, -0.1) is 11.6 Å². The highest BCUT2D eigenvalue weighted by Crippen LogP contribution is 2.70. The third kappa shape index (κ3) is 4.73. The minimum atomic E-state index is -1.56. The van der Waals surface area contributed by atoms with Crippen molar-refractivity contribution in [2.75, 3.05) is 6.61 Å². The average Bonchev–Trinajstić information content (AvgIpc) is 3.49. The van der Waals surface area contributed by atoms with Crippen molar-refractivity contribution < 1.29 is 34.1 Å². The van der Waals surface area contributed by atoms with Crippen molar-refractivity contribution in [3.05, 3.63) is 41.5 Å². The lowest BCUT2D eigenvalue weighted by Crippen LogP contribution is -2.66. The lowest BCUT2D eigenvalue weighted by Gasteiger charge is -2.61. The van der Waals surface area contributed by atoms with Crippen LogP contribution in [0.4, 0.5) is 0 Å². The van der Waals surface area contributed by atoms with Crippen LogP contribution in [0.1, 0.15) is 78.0 Å². The molecule has 9 atom stereocenters. The number of allylic oxidation sites excluding steroid dienone is 1. The number of ketones is 1. The van der Waals surface area contributed by atoms with Gasteiger partial charge in [0, 0.05) is 41.8 Å². The lowest BCUT2D eigenvalue weighted by atomic mass is 9.45. The first-order chi connectivity index (χ1) is 21.3. The number of aliphatic hydroxyl groups excluding tert-OH is 1. The van der Waals surface area contributed by atoms with Crippen molar-refractivity contribution in [1.82, 2.24) is 14.8 Å². The Balaban J connectivity index is 1.38. The van der Waals surface area contributed by atoms with Gasteiger partial charge in [0.05, 0.1) is 29.9 Å². The zero-order chi connectivity index (χ0) is 32.5. The number of hydrogen-bond acceptors (Lipinski definition) is 9. The standard InChI is InChI=1S/C34H42ClN3O7/c1-6-28(42)44-17-27(41)34(45-29(43)7-2)18(3)8-23-30-24(35)9-20-10-25-19(16-38(37-25)21-11-22(39)15-36-14-21)12-32(20,4)31(30)26(40)13-33(23,34)5/h10-11,14-16,18,23-24,26,30-31,39-40H,6-9,12-13,17H2,1-5H3/t18-,23+,24-,26+,30-,31+,32+,33+,34+/m1/s1. The molecule has 0 bridgehead atoms. The summed E-state index contributed by atoms with van der Waals surface area (Å²) in [6.07, 6.45) is 8.49. The van der Waals surface area contributed by atoms with E-state index in [1.807, 2.05) is 20.0 Å². The minimum absolute atomic E-state index is 0.0506. The molecule has 0 aromatic carbocycles. The van der Waals surface area contributed by atoms with Gasteiger partial charge in [0.25, 0.3) is 0 Å². The molecule has 3 saturated carbocycles. The van der Waals surface area contributed by atoms with E-state index in [0.717, 1.165) is 16.8 Å². The number of carbonyl (C=O) groups excluding carboxylic acids is 3. The number of aliphatic hydroxyl groups is 1. The van der Waals surface area contributed by atoms with Crippen LogP contribution in [0.5, 0.6) is 5.75 Å². The van der Waals surface area contributed by atoms with E-state index in [2.05, 4.69) is 18.0 Å². The second kappa shape index (κ2) is 11.2. The fourth-order valence-corrected chi connectivity index (χ4v) is 10.1. The molecule has 3 fully saturated rings. The summed E-state index contributed by atoms with van der Waals surface area (Å²) in [7, 11) is 0. The van der Waals surface area contributed by atoms with E-state index in [0.29, 0.717) is 24.9 Å². The maximum atomic E-state index is 14.1. The van der Waals surface area contributed by atoms with Gasteiger partial charge in [-0.05, 0) is 60.5 Å². The fraction of sp³-hybridized carbons (Fsp3) is 0.618. The van der Waals surface area contributed by atoms with E-state index in [4.69, 9.17) is 26.2 Å². The van der Waals surface area contributed by atoms with Gasteiger partial charge in [0.15, 0.2) is 12.2 Å². The Bertz CT molecular complexity index is 1570. The number of ether oxygens (including phenoxy) is 2. The van der Waals surface area contributed by atoms with Crippen LogP contribution in [-0.4, -0.2) is 66.4 Å². The van der Waals surface area contributed by atoms with Crippen LogP contribution in [0.2, 0.25) is 0 Å². The third-order valence-electron chi connectivity index (χ3n) is 11.5.